The first kappa shape index (κ1) is 15.4. The maximum atomic E-state index is 12.5. The number of rotatable bonds is 3. The summed E-state index contributed by atoms with van der Waals surface area (Å²) in [6, 6.07) is 18.2. The second kappa shape index (κ2) is 6.07. The van der Waals surface area contributed by atoms with Gasteiger partial charge in [0.2, 0.25) is 0 Å². The predicted octanol–water partition coefficient (Wildman–Crippen LogP) is 4.35. The fourth-order valence-corrected chi connectivity index (χ4v) is 3.76. The molecule has 2 N–H and O–H groups in total. The fraction of sp³-hybridized carbons (Fsp3) is 0.0526. The van der Waals surface area contributed by atoms with Gasteiger partial charge in [-0.1, -0.05) is 24.3 Å². The van der Waals surface area contributed by atoms with Crippen molar-refractivity contribution in [1.82, 2.24) is 9.78 Å². The monoisotopic (exact) mass is 349 g/mol. The Hall–Kier alpha value is -3.12. The number of phenolic OH excluding ortho intramolecular Hbond substituents is 1. The third-order valence-electron chi connectivity index (χ3n) is 3.87. The standard InChI is InChI=1S/C19H15N3O2S/c1-12-16-11-17(18(24)20-13-6-5-9-15(23)10-13)25-19(16)22(21-12)14-7-3-2-4-8-14/h2-11,23H,1H3,(H,20,24). The van der Waals surface area contributed by atoms with Crippen molar-refractivity contribution in [1.29, 1.82) is 0 Å². The van der Waals surface area contributed by atoms with E-state index in [2.05, 4.69) is 10.4 Å². The molecule has 124 valence electrons. The van der Waals surface area contributed by atoms with E-state index in [0.717, 1.165) is 21.6 Å². The molecular formula is C19H15N3O2S. The molecule has 0 bridgehead atoms. The van der Waals surface area contributed by atoms with Crippen LogP contribution in [0.2, 0.25) is 0 Å². The van der Waals surface area contributed by atoms with Crippen LogP contribution >= 0.6 is 11.3 Å². The quantitative estimate of drug-likeness (QED) is 0.578. The zero-order valence-corrected chi connectivity index (χ0v) is 14.2. The lowest BCUT2D eigenvalue weighted by Crippen LogP contribution is -2.09. The number of amides is 1. The number of nitrogens with zero attached hydrogens (tertiary/aromatic N) is 2. The van der Waals surface area contributed by atoms with Crippen molar-refractivity contribution in [2.24, 2.45) is 0 Å². The number of aromatic nitrogens is 2. The Morgan fingerprint density at radius 1 is 1.12 bits per heavy atom. The van der Waals surface area contributed by atoms with Crippen LogP contribution < -0.4 is 5.32 Å². The van der Waals surface area contributed by atoms with Crippen LogP contribution in [0.4, 0.5) is 5.69 Å². The molecule has 0 spiro atoms. The van der Waals surface area contributed by atoms with Crippen molar-refractivity contribution in [3.8, 4) is 11.4 Å². The molecule has 2 heterocycles. The Balaban J connectivity index is 1.71. The number of aryl methyl sites for hydroxylation is 1. The van der Waals surface area contributed by atoms with E-state index in [1.54, 1.807) is 18.2 Å². The van der Waals surface area contributed by atoms with E-state index >= 15 is 0 Å². The Kier molecular flexibility index (Phi) is 3.74. The number of fused-ring (bicyclic) bond motifs is 1. The van der Waals surface area contributed by atoms with Gasteiger partial charge in [-0.05, 0) is 37.3 Å². The molecule has 6 heteroatoms. The number of aromatic hydroxyl groups is 1. The van der Waals surface area contributed by atoms with Gasteiger partial charge in [-0.25, -0.2) is 4.68 Å². The van der Waals surface area contributed by atoms with E-state index in [1.165, 1.54) is 17.4 Å². The van der Waals surface area contributed by atoms with E-state index in [4.69, 9.17) is 0 Å². The number of thiophene rings is 1. The van der Waals surface area contributed by atoms with Crippen LogP contribution in [0.1, 0.15) is 15.4 Å². The first-order valence-electron chi connectivity index (χ1n) is 7.77. The minimum absolute atomic E-state index is 0.115. The molecular weight excluding hydrogens is 334 g/mol. The number of carbonyl (C=O) groups is 1. The molecule has 0 aliphatic carbocycles. The molecule has 0 fully saturated rings. The SMILES string of the molecule is Cc1nn(-c2ccccc2)c2sc(C(=O)Nc3cccc(O)c3)cc12. The van der Waals surface area contributed by atoms with E-state index in [0.29, 0.717) is 10.6 Å². The van der Waals surface area contributed by atoms with Crippen LogP contribution in [-0.2, 0) is 0 Å². The van der Waals surface area contributed by atoms with Gasteiger partial charge < -0.3 is 10.4 Å². The number of carbonyl (C=O) groups excluding carboxylic acids is 1. The second-order valence-electron chi connectivity index (χ2n) is 5.67. The summed E-state index contributed by atoms with van der Waals surface area (Å²) in [4.78, 5) is 14.1. The second-order valence-corrected chi connectivity index (χ2v) is 6.70. The lowest BCUT2D eigenvalue weighted by atomic mass is 10.2. The van der Waals surface area contributed by atoms with Gasteiger partial charge in [0.15, 0.2) is 0 Å². The van der Waals surface area contributed by atoms with Gasteiger partial charge in [-0.15, -0.1) is 11.3 Å². The smallest absolute Gasteiger partial charge is 0.265 e. The zero-order valence-electron chi connectivity index (χ0n) is 13.4. The molecule has 5 nitrogen and oxygen atoms in total. The van der Waals surface area contributed by atoms with Crippen LogP contribution in [-0.4, -0.2) is 20.8 Å². The highest BCUT2D eigenvalue weighted by atomic mass is 32.1. The van der Waals surface area contributed by atoms with Gasteiger partial charge in [-0.3, -0.25) is 4.79 Å². The number of phenols is 1. The Morgan fingerprint density at radius 3 is 2.68 bits per heavy atom. The number of para-hydroxylation sites is 1. The van der Waals surface area contributed by atoms with Crippen molar-refractivity contribution in [3.05, 3.63) is 71.2 Å². The maximum Gasteiger partial charge on any atom is 0.265 e. The summed E-state index contributed by atoms with van der Waals surface area (Å²) in [5.41, 5.74) is 2.40. The van der Waals surface area contributed by atoms with Gasteiger partial charge >= 0.3 is 0 Å². The van der Waals surface area contributed by atoms with Gasteiger partial charge in [0, 0.05) is 17.1 Å². The Labute approximate surface area is 148 Å². The molecule has 0 atom stereocenters. The van der Waals surface area contributed by atoms with Crippen LogP contribution in [0.3, 0.4) is 0 Å². The summed E-state index contributed by atoms with van der Waals surface area (Å²) < 4.78 is 1.86. The summed E-state index contributed by atoms with van der Waals surface area (Å²) in [5.74, 6) is -0.0875. The minimum atomic E-state index is -0.203. The molecule has 4 aromatic rings. The van der Waals surface area contributed by atoms with E-state index < -0.39 is 0 Å². The molecule has 0 radical (unpaired) electrons. The fourth-order valence-electron chi connectivity index (χ4n) is 2.68. The lowest BCUT2D eigenvalue weighted by Gasteiger charge is -2.04. The maximum absolute atomic E-state index is 12.5. The summed E-state index contributed by atoms with van der Waals surface area (Å²) in [5, 5.41) is 17.9. The van der Waals surface area contributed by atoms with Gasteiger partial charge in [-0.2, -0.15) is 5.10 Å². The van der Waals surface area contributed by atoms with E-state index in [9.17, 15) is 9.90 Å². The van der Waals surface area contributed by atoms with Gasteiger partial charge in [0.05, 0.1) is 16.3 Å². The topological polar surface area (TPSA) is 67.2 Å². The zero-order chi connectivity index (χ0) is 17.4. The third-order valence-corrected chi connectivity index (χ3v) is 4.98. The number of hydrogen-bond acceptors (Lipinski definition) is 4. The predicted molar refractivity (Wildman–Crippen MR) is 99.7 cm³/mol. The van der Waals surface area contributed by atoms with Crippen LogP contribution in [0, 0.1) is 6.92 Å². The van der Waals surface area contributed by atoms with Gasteiger partial charge in [0.1, 0.15) is 10.6 Å². The highest BCUT2D eigenvalue weighted by molar-refractivity contribution is 7.20. The van der Waals surface area contributed by atoms with Crippen molar-refractivity contribution in [2.75, 3.05) is 5.32 Å². The Morgan fingerprint density at radius 2 is 1.92 bits per heavy atom. The Bertz CT molecular complexity index is 1070. The molecule has 25 heavy (non-hydrogen) atoms. The molecule has 0 aliphatic rings. The van der Waals surface area contributed by atoms with Crippen molar-refractivity contribution in [3.63, 3.8) is 0 Å². The van der Waals surface area contributed by atoms with Crippen molar-refractivity contribution in [2.45, 2.75) is 6.92 Å². The highest BCUT2D eigenvalue weighted by Gasteiger charge is 2.17. The largest absolute Gasteiger partial charge is 0.508 e. The average molecular weight is 349 g/mol. The summed E-state index contributed by atoms with van der Waals surface area (Å²) >= 11 is 1.40. The first-order valence-corrected chi connectivity index (χ1v) is 8.58. The van der Waals surface area contributed by atoms with Crippen LogP contribution in [0.5, 0.6) is 5.75 Å². The third kappa shape index (κ3) is 2.88. The minimum Gasteiger partial charge on any atom is -0.508 e. The van der Waals surface area contributed by atoms with Crippen molar-refractivity contribution >= 4 is 33.1 Å². The number of benzene rings is 2. The highest BCUT2D eigenvalue weighted by Crippen LogP contribution is 2.31. The van der Waals surface area contributed by atoms with E-state index in [1.807, 2.05) is 48.0 Å². The molecule has 2 aromatic heterocycles. The summed E-state index contributed by atoms with van der Waals surface area (Å²) in [6.45, 7) is 1.94. The van der Waals surface area contributed by atoms with Crippen LogP contribution in [0.25, 0.3) is 15.9 Å². The summed E-state index contributed by atoms with van der Waals surface area (Å²) in [7, 11) is 0. The van der Waals surface area contributed by atoms with E-state index in [-0.39, 0.29) is 11.7 Å². The molecule has 4 rings (SSSR count). The number of nitrogens with one attached hydrogen (secondary N) is 1. The van der Waals surface area contributed by atoms with Gasteiger partial charge in [0.25, 0.3) is 5.91 Å². The first-order chi connectivity index (χ1) is 12.1. The summed E-state index contributed by atoms with van der Waals surface area (Å²) in [6.07, 6.45) is 0. The molecule has 0 unspecified atom stereocenters. The van der Waals surface area contributed by atoms with Crippen LogP contribution in [0.15, 0.2) is 60.7 Å². The molecule has 0 saturated carbocycles. The average Bonchev–Trinajstić information content (AvgIpc) is 3.17. The molecule has 0 saturated heterocycles. The number of anilines is 1. The molecule has 1 amide bonds. The number of hydrogen-bond donors (Lipinski definition) is 2. The normalized spacial score (nSPS) is 10.9. The lowest BCUT2D eigenvalue weighted by molar-refractivity contribution is 0.103. The molecule has 0 aliphatic heterocycles. The van der Waals surface area contributed by atoms with Crippen molar-refractivity contribution < 1.29 is 9.90 Å². The molecule has 2 aromatic carbocycles.